The maximum atomic E-state index is 6.24. The molecule has 5 heteroatoms. The molecular formula is C13H17ClN4. The van der Waals surface area contributed by atoms with E-state index in [9.17, 15) is 0 Å². The van der Waals surface area contributed by atoms with Gasteiger partial charge in [0.2, 0.25) is 0 Å². The fourth-order valence-corrected chi connectivity index (χ4v) is 2.36. The highest BCUT2D eigenvalue weighted by Gasteiger charge is 2.20. The van der Waals surface area contributed by atoms with E-state index in [1.165, 1.54) is 0 Å². The minimum absolute atomic E-state index is 0.00681. The number of aryl methyl sites for hydroxylation is 2. The Morgan fingerprint density at radius 1 is 1.39 bits per heavy atom. The first kappa shape index (κ1) is 13.1. The van der Waals surface area contributed by atoms with Crippen LogP contribution in [0.25, 0.3) is 0 Å². The zero-order valence-corrected chi connectivity index (χ0v) is 11.6. The Kier molecular flexibility index (Phi) is 3.99. The van der Waals surface area contributed by atoms with E-state index in [0.717, 1.165) is 23.4 Å². The summed E-state index contributed by atoms with van der Waals surface area (Å²) in [6.07, 6.45) is 5.39. The molecule has 0 aliphatic carbocycles. The van der Waals surface area contributed by atoms with Crippen molar-refractivity contribution in [2.24, 2.45) is 0 Å². The van der Waals surface area contributed by atoms with Crippen LogP contribution < -0.4 is 5.32 Å². The molecule has 0 saturated heterocycles. The molecule has 0 fully saturated rings. The predicted molar refractivity (Wildman–Crippen MR) is 72.8 cm³/mol. The summed E-state index contributed by atoms with van der Waals surface area (Å²) in [4.78, 5) is 4.24. The van der Waals surface area contributed by atoms with Crippen LogP contribution in [0.4, 0.5) is 0 Å². The summed E-state index contributed by atoms with van der Waals surface area (Å²) in [7, 11) is 1.91. The third kappa shape index (κ3) is 2.40. The maximum absolute atomic E-state index is 6.24. The van der Waals surface area contributed by atoms with Gasteiger partial charge in [-0.25, -0.2) is 0 Å². The van der Waals surface area contributed by atoms with E-state index in [1.807, 2.05) is 38.0 Å². The minimum atomic E-state index is 0.00681. The molecule has 0 aliphatic rings. The summed E-state index contributed by atoms with van der Waals surface area (Å²) >= 11 is 6.24. The molecule has 0 saturated carbocycles. The van der Waals surface area contributed by atoms with Gasteiger partial charge in [0.05, 0.1) is 23.0 Å². The first-order valence-corrected chi connectivity index (χ1v) is 6.35. The second-order valence-electron chi connectivity index (χ2n) is 4.21. The van der Waals surface area contributed by atoms with Crippen molar-refractivity contribution in [1.29, 1.82) is 0 Å². The maximum Gasteiger partial charge on any atom is 0.0837 e. The first-order chi connectivity index (χ1) is 8.67. The van der Waals surface area contributed by atoms with Crippen LogP contribution >= 0.6 is 11.6 Å². The van der Waals surface area contributed by atoms with Crippen LogP contribution in [-0.2, 0) is 6.54 Å². The Labute approximate surface area is 112 Å². The molecule has 1 atom stereocenters. The molecule has 4 nitrogen and oxygen atoms in total. The normalized spacial score (nSPS) is 12.7. The van der Waals surface area contributed by atoms with Crippen LogP contribution in [0.2, 0.25) is 5.02 Å². The molecule has 0 aromatic carbocycles. The van der Waals surface area contributed by atoms with E-state index in [2.05, 4.69) is 21.5 Å². The van der Waals surface area contributed by atoms with E-state index in [1.54, 1.807) is 6.20 Å². The lowest BCUT2D eigenvalue weighted by Crippen LogP contribution is -2.22. The summed E-state index contributed by atoms with van der Waals surface area (Å²) in [5, 5.41) is 8.23. The molecule has 0 spiro atoms. The molecule has 2 aromatic heterocycles. The minimum Gasteiger partial charge on any atom is -0.308 e. The van der Waals surface area contributed by atoms with Crippen LogP contribution in [0.3, 0.4) is 0 Å². The monoisotopic (exact) mass is 264 g/mol. The Morgan fingerprint density at radius 3 is 2.78 bits per heavy atom. The van der Waals surface area contributed by atoms with E-state index in [0.29, 0.717) is 5.02 Å². The molecule has 2 heterocycles. The Balaban J connectivity index is 2.48. The lowest BCUT2D eigenvalue weighted by molar-refractivity contribution is 0.562. The van der Waals surface area contributed by atoms with Gasteiger partial charge in [0.15, 0.2) is 0 Å². The van der Waals surface area contributed by atoms with Gasteiger partial charge in [-0.1, -0.05) is 17.7 Å². The molecule has 2 aromatic rings. The molecular weight excluding hydrogens is 248 g/mol. The van der Waals surface area contributed by atoms with Gasteiger partial charge in [0.1, 0.15) is 0 Å². The van der Waals surface area contributed by atoms with Crippen molar-refractivity contribution in [3.05, 3.63) is 46.5 Å². The first-order valence-electron chi connectivity index (χ1n) is 5.97. The van der Waals surface area contributed by atoms with Gasteiger partial charge >= 0.3 is 0 Å². The smallest absolute Gasteiger partial charge is 0.0837 e. The quantitative estimate of drug-likeness (QED) is 0.923. The summed E-state index contributed by atoms with van der Waals surface area (Å²) in [6.45, 7) is 4.87. The predicted octanol–water partition coefficient (Wildman–Crippen LogP) is 2.57. The van der Waals surface area contributed by atoms with Gasteiger partial charge in [0.25, 0.3) is 0 Å². The molecule has 1 unspecified atom stereocenters. The summed E-state index contributed by atoms with van der Waals surface area (Å²) < 4.78 is 1.91. The van der Waals surface area contributed by atoms with E-state index >= 15 is 0 Å². The fraction of sp³-hybridized carbons (Fsp3) is 0.385. The van der Waals surface area contributed by atoms with Crippen molar-refractivity contribution < 1.29 is 0 Å². The molecule has 96 valence electrons. The zero-order chi connectivity index (χ0) is 13.1. The van der Waals surface area contributed by atoms with Crippen molar-refractivity contribution in [1.82, 2.24) is 20.1 Å². The number of nitrogens with zero attached hydrogens (tertiary/aromatic N) is 3. The van der Waals surface area contributed by atoms with Gasteiger partial charge in [0, 0.05) is 18.9 Å². The van der Waals surface area contributed by atoms with Crippen molar-refractivity contribution in [2.75, 3.05) is 7.05 Å². The highest BCUT2D eigenvalue weighted by atomic mass is 35.5. The Morgan fingerprint density at radius 2 is 2.17 bits per heavy atom. The molecule has 2 rings (SSSR count). The number of rotatable bonds is 4. The number of hydrogen-bond acceptors (Lipinski definition) is 3. The Hall–Kier alpha value is -1.39. The number of pyridine rings is 1. The van der Waals surface area contributed by atoms with Gasteiger partial charge < -0.3 is 5.32 Å². The van der Waals surface area contributed by atoms with Gasteiger partial charge in [-0.3, -0.25) is 9.67 Å². The highest BCUT2D eigenvalue weighted by molar-refractivity contribution is 6.31. The number of hydrogen-bond donors (Lipinski definition) is 1. The largest absolute Gasteiger partial charge is 0.308 e. The second kappa shape index (κ2) is 5.50. The molecule has 1 N–H and O–H groups in total. The average molecular weight is 265 g/mol. The topological polar surface area (TPSA) is 42.7 Å². The summed E-state index contributed by atoms with van der Waals surface area (Å²) in [5.41, 5.74) is 3.20. The SMILES string of the molecule is CCn1ncc(Cl)c1C(NC)c1cncc(C)c1. The van der Waals surface area contributed by atoms with Crippen LogP contribution in [0.5, 0.6) is 0 Å². The van der Waals surface area contributed by atoms with Crippen LogP contribution in [0, 0.1) is 6.92 Å². The fourth-order valence-electron chi connectivity index (χ4n) is 2.11. The average Bonchev–Trinajstić information content (AvgIpc) is 2.72. The van der Waals surface area contributed by atoms with Crippen LogP contribution in [0.15, 0.2) is 24.7 Å². The standard InChI is InChI=1S/C13H17ClN4/c1-4-18-13(11(14)8-17-18)12(15-3)10-5-9(2)6-16-7-10/h5-8,12,15H,4H2,1-3H3. The number of halogens is 1. The van der Waals surface area contributed by atoms with Crippen molar-refractivity contribution >= 4 is 11.6 Å². The van der Waals surface area contributed by atoms with E-state index < -0.39 is 0 Å². The van der Waals surface area contributed by atoms with E-state index in [4.69, 9.17) is 11.6 Å². The van der Waals surface area contributed by atoms with Gasteiger partial charge in [-0.2, -0.15) is 5.10 Å². The van der Waals surface area contributed by atoms with Crippen LogP contribution in [0.1, 0.15) is 29.8 Å². The molecule has 0 amide bonds. The lowest BCUT2D eigenvalue weighted by atomic mass is 10.0. The third-order valence-electron chi connectivity index (χ3n) is 2.92. The Bertz CT molecular complexity index is 536. The van der Waals surface area contributed by atoms with E-state index in [-0.39, 0.29) is 6.04 Å². The summed E-state index contributed by atoms with van der Waals surface area (Å²) in [6, 6.07) is 2.12. The molecule has 0 aliphatic heterocycles. The lowest BCUT2D eigenvalue weighted by Gasteiger charge is -2.18. The van der Waals surface area contributed by atoms with Crippen molar-refractivity contribution in [2.45, 2.75) is 26.4 Å². The molecule has 18 heavy (non-hydrogen) atoms. The number of aromatic nitrogens is 3. The van der Waals surface area contributed by atoms with Crippen LogP contribution in [-0.4, -0.2) is 21.8 Å². The zero-order valence-electron chi connectivity index (χ0n) is 10.8. The molecule has 0 radical (unpaired) electrons. The molecule has 0 bridgehead atoms. The van der Waals surface area contributed by atoms with Crippen molar-refractivity contribution in [3.8, 4) is 0 Å². The highest BCUT2D eigenvalue weighted by Crippen LogP contribution is 2.27. The third-order valence-corrected chi connectivity index (χ3v) is 3.22. The van der Waals surface area contributed by atoms with Gasteiger partial charge in [-0.05, 0) is 32.0 Å². The van der Waals surface area contributed by atoms with Gasteiger partial charge in [-0.15, -0.1) is 0 Å². The summed E-state index contributed by atoms with van der Waals surface area (Å²) in [5.74, 6) is 0. The van der Waals surface area contributed by atoms with Crippen molar-refractivity contribution in [3.63, 3.8) is 0 Å². The second-order valence-corrected chi connectivity index (χ2v) is 4.62. The number of nitrogens with one attached hydrogen (secondary N) is 1.